The number of rotatable bonds is 3. The number of hydrogen-bond donors (Lipinski definition) is 1. The van der Waals surface area contributed by atoms with Gasteiger partial charge in [-0.1, -0.05) is 0 Å². The minimum Gasteiger partial charge on any atom is -0.497 e. The van der Waals surface area contributed by atoms with E-state index in [2.05, 4.69) is 10.3 Å². The van der Waals surface area contributed by atoms with Crippen molar-refractivity contribution in [1.29, 1.82) is 0 Å². The number of amides is 1. The first kappa shape index (κ1) is 14.8. The normalized spacial score (nSPS) is 11.8. The molecule has 0 radical (unpaired) electrons. The van der Waals surface area contributed by atoms with Crippen LogP contribution in [-0.2, 0) is 6.42 Å². The molecule has 0 aliphatic heterocycles. The van der Waals surface area contributed by atoms with Crippen LogP contribution in [0.3, 0.4) is 0 Å². The Morgan fingerprint density at radius 2 is 2.04 bits per heavy atom. The zero-order valence-electron chi connectivity index (χ0n) is 12.8. The zero-order valence-corrected chi connectivity index (χ0v) is 13.6. The summed E-state index contributed by atoms with van der Waals surface area (Å²) in [7, 11) is 1.65. The third kappa shape index (κ3) is 2.55. The summed E-state index contributed by atoms with van der Waals surface area (Å²) in [6.07, 6.45) is 0.784. The fourth-order valence-electron chi connectivity index (χ4n) is 2.75. The topological polar surface area (TPSA) is 51.2 Å². The Labute approximate surface area is 141 Å². The summed E-state index contributed by atoms with van der Waals surface area (Å²) in [5, 5.41) is 3.33. The molecule has 0 saturated heterocycles. The van der Waals surface area contributed by atoms with Crippen LogP contribution in [0.1, 0.15) is 20.8 Å². The predicted octanol–water partition coefficient (Wildman–Crippen LogP) is 4.11. The fourth-order valence-corrected chi connectivity index (χ4v) is 3.75. The van der Waals surface area contributed by atoms with E-state index in [1.807, 2.05) is 18.2 Å². The molecule has 3 aromatic rings. The van der Waals surface area contributed by atoms with Crippen molar-refractivity contribution in [2.24, 2.45) is 0 Å². The minimum absolute atomic E-state index is 0.294. The maximum Gasteiger partial charge on any atom is 0.257 e. The molecule has 1 aromatic heterocycles. The standard InChI is InChI=1S/C18H13FN2O2S/c1-23-13-6-7-14-11(8-13)9-15-16(14)20-18(24-15)21-17(22)10-2-4-12(19)5-3-10/h2-8H,9H2,1H3,(H,20,21,22). The van der Waals surface area contributed by atoms with E-state index in [9.17, 15) is 9.18 Å². The lowest BCUT2D eigenvalue weighted by molar-refractivity contribution is 0.102. The van der Waals surface area contributed by atoms with Gasteiger partial charge in [0.15, 0.2) is 5.13 Å². The van der Waals surface area contributed by atoms with Gasteiger partial charge in [-0.2, -0.15) is 0 Å². The molecule has 4 rings (SSSR count). The molecule has 1 aliphatic carbocycles. The molecular weight excluding hydrogens is 327 g/mol. The third-order valence-electron chi connectivity index (χ3n) is 3.94. The van der Waals surface area contributed by atoms with Gasteiger partial charge in [0.1, 0.15) is 11.6 Å². The zero-order chi connectivity index (χ0) is 16.7. The highest BCUT2D eigenvalue weighted by Crippen LogP contribution is 2.42. The predicted molar refractivity (Wildman–Crippen MR) is 91.3 cm³/mol. The van der Waals surface area contributed by atoms with Gasteiger partial charge in [0.25, 0.3) is 5.91 Å². The van der Waals surface area contributed by atoms with Gasteiger partial charge in [-0.3, -0.25) is 10.1 Å². The van der Waals surface area contributed by atoms with Gasteiger partial charge in [-0.15, -0.1) is 11.3 Å². The van der Waals surface area contributed by atoms with E-state index in [-0.39, 0.29) is 11.7 Å². The van der Waals surface area contributed by atoms with Crippen molar-refractivity contribution >= 4 is 22.4 Å². The molecule has 0 unspecified atom stereocenters. The fraction of sp³-hybridized carbons (Fsp3) is 0.111. The number of fused-ring (bicyclic) bond motifs is 3. The number of methoxy groups -OCH3 is 1. The van der Waals surface area contributed by atoms with Crippen LogP contribution < -0.4 is 10.1 Å². The number of hydrogen-bond acceptors (Lipinski definition) is 4. The number of anilines is 1. The van der Waals surface area contributed by atoms with Gasteiger partial charge in [0.05, 0.1) is 12.8 Å². The maximum atomic E-state index is 12.9. The van der Waals surface area contributed by atoms with E-state index < -0.39 is 0 Å². The average molecular weight is 340 g/mol. The molecule has 1 N–H and O–H groups in total. The first-order valence-corrected chi connectivity index (χ1v) is 8.19. The molecular formula is C18H13FN2O2S. The van der Waals surface area contributed by atoms with Crippen molar-refractivity contribution in [2.75, 3.05) is 12.4 Å². The molecule has 0 fully saturated rings. The number of ether oxygens (including phenoxy) is 1. The van der Waals surface area contributed by atoms with Gasteiger partial charge in [-0.05, 0) is 48.0 Å². The summed E-state index contributed by atoms with van der Waals surface area (Å²) >= 11 is 1.46. The Hall–Kier alpha value is -2.73. The quantitative estimate of drug-likeness (QED) is 0.610. The molecule has 1 amide bonds. The first-order chi connectivity index (χ1) is 11.6. The van der Waals surface area contributed by atoms with Crippen molar-refractivity contribution in [1.82, 2.24) is 4.98 Å². The van der Waals surface area contributed by atoms with Crippen molar-refractivity contribution in [3.05, 3.63) is 64.3 Å². The summed E-state index contributed by atoms with van der Waals surface area (Å²) in [6, 6.07) is 11.3. The van der Waals surface area contributed by atoms with Gasteiger partial charge >= 0.3 is 0 Å². The van der Waals surface area contributed by atoms with Crippen molar-refractivity contribution in [3.63, 3.8) is 0 Å². The molecule has 120 valence electrons. The Balaban J connectivity index is 1.57. The summed E-state index contributed by atoms with van der Waals surface area (Å²) in [5.41, 5.74) is 3.56. The molecule has 1 heterocycles. The highest BCUT2D eigenvalue weighted by Gasteiger charge is 2.24. The first-order valence-electron chi connectivity index (χ1n) is 7.38. The number of benzene rings is 2. The number of carbonyl (C=O) groups excluding carboxylic acids is 1. The summed E-state index contributed by atoms with van der Waals surface area (Å²) in [6.45, 7) is 0. The van der Waals surface area contributed by atoms with Crippen LogP contribution in [0.25, 0.3) is 11.3 Å². The summed E-state index contributed by atoms with van der Waals surface area (Å²) in [4.78, 5) is 17.9. The highest BCUT2D eigenvalue weighted by atomic mass is 32.1. The summed E-state index contributed by atoms with van der Waals surface area (Å²) in [5.74, 6) is 0.165. The Bertz CT molecular complexity index is 935. The van der Waals surface area contributed by atoms with Crippen molar-refractivity contribution in [2.45, 2.75) is 6.42 Å². The molecule has 24 heavy (non-hydrogen) atoms. The highest BCUT2D eigenvalue weighted by molar-refractivity contribution is 7.16. The number of nitrogens with zero attached hydrogens (tertiary/aromatic N) is 1. The monoisotopic (exact) mass is 340 g/mol. The number of thiazole rings is 1. The van der Waals surface area contributed by atoms with E-state index in [4.69, 9.17) is 4.74 Å². The van der Waals surface area contributed by atoms with E-state index in [0.717, 1.165) is 28.3 Å². The Kier molecular flexibility index (Phi) is 3.54. The smallest absolute Gasteiger partial charge is 0.257 e. The van der Waals surface area contributed by atoms with Gasteiger partial charge < -0.3 is 4.74 Å². The van der Waals surface area contributed by atoms with Gasteiger partial charge in [0, 0.05) is 22.4 Å². The lowest BCUT2D eigenvalue weighted by Crippen LogP contribution is -2.11. The Morgan fingerprint density at radius 1 is 1.25 bits per heavy atom. The van der Waals surface area contributed by atoms with Crippen molar-refractivity contribution in [3.8, 4) is 17.0 Å². The maximum absolute atomic E-state index is 12.9. The molecule has 0 saturated carbocycles. The molecule has 0 bridgehead atoms. The number of carbonyl (C=O) groups is 1. The van der Waals surface area contributed by atoms with Crippen LogP contribution in [0.4, 0.5) is 9.52 Å². The average Bonchev–Trinajstić information content (AvgIpc) is 3.11. The Morgan fingerprint density at radius 3 is 2.79 bits per heavy atom. The molecule has 2 aromatic carbocycles. The van der Waals surface area contributed by atoms with E-state index in [0.29, 0.717) is 10.7 Å². The van der Waals surface area contributed by atoms with Crippen LogP contribution in [0.2, 0.25) is 0 Å². The van der Waals surface area contributed by atoms with Crippen LogP contribution in [0.5, 0.6) is 5.75 Å². The SMILES string of the molecule is COc1ccc2c(c1)Cc1sc(NC(=O)c3ccc(F)cc3)nc1-2. The lowest BCUT2D eigenvalue weighted by atomic mass is 10.1. The van der Waals surface area contributed by atoms with Crippen LogP contribution >= 0.6 is 11.3 Å². The van der Waals surface area contributed by atoms with Crippen LogP contribution in [0, 0.1) is 5.82 Å². The van der Waals surface area contributed by atoms with E-state index >= 15 is 0 Å². The molecule has 1 aliphatic rings. The minimum atomic E-state index is -0.369. The van der Waals surface area contributed by atoms with E-state index in [1.165, 1.54) is 41.2 Å². The molecule has 0 spiro atoms. The second-order valence-corrected chi connectivity index (χ2v) is 6.54. The lowest BCUT2D eigenvalue weighted by Gasteiger charge is -2.04. The van der Waals surface area contributed by atoms with Crippen LogP contribution in [0.15, 0.2) is 42.5 Å². The number of nitrogens with one attached hydrogen (secondary N) is 1. The molecule has 4 nitrogen and oxygen atoms in total. The largest absolute Gasteiger partial charge is 0.497 e. The molecule has 6 heteroatoms. The second-order valence-electron chi connectivity index (χ2n) is 5.45. The second kappa shape index (κ2) is 5.72. The number of halogens is 1. The van der Waals surface area contributed by atoms with Crippen LogP contribution in [-0.4, -0.2) is 18.0 Å². The van der Waals surface area contributed by atoms with Crippen molar-refractivity contribution < 1.29 is 13.9 Å². The number of aromatic nitrogens is 1. The van der Waals surface area contributed by atoms with Gasteiger partial charge in [-0.25, -0.2) is 9.37 Å². The van der Waals surface area contributed by atoms with E-state index in [1.54, 1.807) is 7.11 Å². The molecule has 0 atom stereocenters. The summed E-state index contributed by atoms with van der Waals surface area (Å²) < 4.78 is 18.2. The third-order valence-corrected chi connectivity index (χ3v) is 4.91. The van der Waals surface area contributed by atoms with Gasteiger partial charge in [0.2, 0.25) is 0 Å².